The molecule has 0 atom stereocenters. The van der Waals surface area contributed by atoms with Crippen molar-refractivity contribution in [3.05, 3.63) is 41.4 Å². The second-order valence-corrected chi connectivity index (χ2v) is 2.69. The fourth-order valence-electron chi connectivity index (χ4n) is 0.945. The molecule has 0 saturated carbocycles. The van der Waals surface area contributed by atoms with Crippen molar-refractivity contribution >= 4 is 12.0 Å². The van der Waals surface area contributed by atoms with E-state index in [1.807, 2.05) is 30.3 Å². The summed E-state index contributed by atoms with van der Waals surface area (Å²) in [6.07, 6.45) is 0.824. The molecule has 0 amide bonds. The average Bonchev–Trinajstić information content (AvgIpc) is 2.20. The number of hydrogen-bond donors (Lipinski definition) is 0. The van der Waals surface area contributed by atoms with Gasteiger partial charge in [-0.05, 0) is 5.56 Å². The number of rotatable bonds is 5. The Morgan fingerprint density at radius 3 is 2.79 bits per heavy atom. The van der Waals surface area contributed by atoms with Gasteiger partial charge in [-0.1, -0.05) is 30.3 Å². The number of Topliss-reactive ketones (excluding diaryl/α,β-unsaturated/α-hetero) is 1. The van der Waals surface area contributed by atoms with Crippen molar-refractivity contribution in [2.75, 3.05) is 6.61 Å². The fraction of sp³-hybridized carbons (Fsp3) is 0.200. The van der Waals surface area contributed by atoms with Gasteiger partial charge in [-0.2, -0.15) is 4.79 Å². The minimum atomic E-state index is -0.358. The predicted molar refractivity (Wildman–Crippen MR) is 50.8 cm³/mol. The Morgan fingerprint density at radius 2 is 2.14 bits per heavy atom. The van der Waals surface area contributed by atoms with E-state index in [1.165, 1.54) is 0 Å². The van der Waals surface area contributed by atoms with Gasteiger partial charge in [0.25, 0.3) is 5.78 Å². The maximum atomic E-state index is 10.8. The minimum absolute atomic E-state index is 0.0705. The van der Waals surface area contributed by atoms with Crippen LogP contribution in [-0.4, -0.2) is 23.4 Å². The third kappa shape index (κ3) is 3.76. The van der Waals surface area contributed by atoms with Gasteiger partial charge >= 0.3 is 6.21 Å². The van der Waals surface area contributed by atoms with E-state index in [0.29, 0.717) is 6.61 Å². The largest absolute Gasteiger partial charge is 0.368 e. The topological polar surface area (TPSA) is 62.7 Å². The van der Waals surface area contributed by atoms with Crippen LogP contribution in [0.4, 0.5) is 0 Å². The SMILES string of the molecule is [N-]=[N+]=[13CH]C(=O)COCc1ccccc1. The van der Waals surface area contributed by atoms with Crippen LogP contribution in [0.2, 0.25) is 0 Å². The lowest BCUT2D eigenvalue weighted by molar-refractivity contribution is -0.120. The molecule has 0 N–H and O–H groups in total. The summed E-state index contributed by atoms with van der Waals surface area (Å²) < 4.78 is 5.08. The lowest BCUT2D eigenvalue weighted by Gasteiger charge is -1.99. The van der Waals surface area contributed by atoms with E-state index in [1.54, 1.807) is 0 Å². The van der Waals surface area contributed by atoms with E-state index < -0.39 is 0 Å². The van der Waals surface area contributed by atoms with Gasteiger partial charge in [0, 0.05) is 0 Å². The average molecular weight is 191 g/mol. The Labute approximate surface area is 81.7 Å². The first-order chi connectivity index (χ1) is 6.83. The third-order valence-electron chi connectivity index (χ3n) is 1.56. The molecule has 0 radical (unpaired) electrons. The van der Waals surface area contributed by atoms with Gasteiger partial charge in [0.15, 0.2) is 0 Å². The molecule has 1 aromatic rings. The van der Waals surface area contributed by atoms with Crippen molar-refractivity contribution in [2.45, 2.75) is 6.61 Å². The molecule has 0 aliphatic rings. The Bertz CT molecular complexity index is 342. The molecule has 0 aromatic heterocycles. The Morgan fingerprint density at radius 1 is 1.43 bits per heavy atom. The van der Waals surface area contributed by atoms with Gasteiger partial charge in [-0.25, -0.2) is 0 Å². The minimum Gasteiger partial charge on any atom is -0.368 e. The fourth-order valence-corrected chi connectivity index (χ4v) is 0.945. The zero-order valence-corrected chi connectivity index (χ0v) is 7.59. The van der Waals surface area contributed by atoms with Crippen molar-refractivity contribution in [3.8, 4) is 0 Å². The van der Waals surface area contributed by atoms with Crippen LogP contribution in [0.15, 0.2) is 30.3 Å². The monoisotopic (exact) mass is 191 g/mol. The van der Waals surface area contributed by atoms with Crippen LogP contribution in [-0.2, 0) is 16.1 Å². The molecular weight excluding hydrogens is 181 g/mol. The highest BCUT2D eigenvalue weighted by molar-refractivity contribution is 6.25. The highest BCUT2D eigenvalue weighted by Gasteiger charge is 2.01. The summed E-state index contributed by atoms with van der Waals surface area (Å²) in [6.45, 7) is 0.310. The van der Waals surface area contributed by atoms with Crippen LogP contribution < -0.4 is 0 Å². The van der Waals surface area contributed by atoms with Crippen molar-refractivity contribution < 1.29 is 14.3 Å². The molecule has 14 heavy (non-hydrogen) atoms. The Balaban J connectivity index is 2.29. The van der Waals surface area contributed by atoms with E-state index in [9.17, 15) is 4.79 Å². The Hall–Kier alpha value is -1.77. The first-order valence-electron chi connectivity index (χ1n) is 4.15. The summed E-state index contributed by atoms with van der Waals surface area (Å²) >= 11 is 0. The van der Waals surface area contributed by atoms with Crippen LogP contribution in [0.1, 0.15) is 5.56 Å². The summed E-state index contributed by atoms with van der Waals surface area (Å²) in [5, 5.41) is 0. The van der Waals surface area contributed by atoms with Gasteiger partial charge in [-0.15, -0.1) is 0 Å². The van der Waals surface area contributed by atoms with Crippen molar-refractivity contribution in [2.24, 2.45) is 0 Å². The third-order valence-corrected chi connectivity index (χ3v) is 1.56. The van der Waals surface area contributed by atoms with Gasteiger partial charge in [0.05, 0.1) is 6.61 Å². The van der Waals surface area contributed by atoms with E-state index in [4.69, 9.17) is 10.3 Å². The molecule has 0 heterocycles. The van der Waals surface area contributed by atoms with Gasteiger partial charge in [-0.3, -0.25) is 4.79 Å². The number of benzene rings is 1. The van der Waals surface area contributed by atoms with Crippen LogP contribution in [0.25, 0.3) is 5.53 Å². The molecule has 0 unspecified atom stereocenters. The zero-order chi connectivity index (χ0) is 10.2. The summed E-state index contributed by atoms with van der Waals surface area (Å²) in [6, 6.07) is 9.52. The number of ether oxygens (including phenoxy) is 1. The van der Waals surface area contributed by atoms with Gasteiger partial charge in [0.2, 0.25) is 0 Å². The normalized spacial score (nSPS) is 9.14. The molecule has 1 rings (SSSR count). The highest BCUT2D eigenvalue weighted by atomic mass is 16.5. The lowest BCUT2D eigenvalue weighted by Crippen LogP contribution is -2.09. The molecule has 72 valence electrons. The maximum Gasteiger partial charge on any atom is 0.325 e. The molecule has 0 saturated heterocycles. The van der Waals surface area contributed by atoms with Crippen LogP contribution >= 0.6 is 0 Å². The van der Waals surface area contributed by atoms with E-state index >= 15 is 0 Å². The summed E-state index contributed by atoms with van der Waals surface area (Å²) in [7, 11) is 0. The molecular formula is C10H10N2O2. The first-order valence-corrected chi connectivity index (χ1v) is 4.15. The maximum absolute atomic E-state index is 10.8. The van der Waals surface area contributed by atoms with Crippen molar-refractivity contribution in [1.82, 2.24) is 0 Å². The van der Waals surface area contributed by atoms with Crippen molar-refractivity contribution in [3.63, 3.8) is 0 Å². The Kier molecular flexibility index (Phi) is 4.27. The lowest BCUT2D eigenvalue weighted by atomic mass is 10.2. The zero-order valence-electron chi connectivity index (χ0n) is 7.59. The van der Waals surface area contributed by atoms with Crippen LogP contribution in [0, 0.1) is 0 Å². The van der Waals surface area contributed by atoms with E-state index in [-0.39, 0.29) is 12.4 Å². The smallest absolute Gasteiger partial charge is 0.325 e. The molecule has 4 heteroatoms. The van der Waals surface area contributed by atoms with E-state index in [2.05, 4.69) is 4.79 Å². The predicted octanol–water partition coefficient (Wildman–Crippen LogP) is 1.07. The number of ketones is 1. The molecule has 0 aliphatic heterocycles. The molecule has 4 nitrogen and oxygen atoms in total. The van der Waals surface area contributed by atoms with Crippen molar-refractivity contribution in [1.29, 1.82) is 0 Å². The summed E-state index contributed by atoms with van der Waals surface area (Å²) in [4.78, 5) is 13.4. The summed E-state index contributed by atoms with van der Waals surface area (Å²) in [5.41, 5.74) is 9.05. The summed E-state index contributed by atoms with van der Waals surface area (Å²) in [5.74, 6) is -0.358. The second kappa shape index (κ2) is 5.80. The molecule has 0 bridgehead atoms. The molecule has 1 aromatic carbocycles. The standard InChI is InChI=1S/C10H10N2O2/c11-12-6-10(13)8-14-7-9-4-2-1-3-5-9/h1-6H,7-8H2/i6+1. The number of nitrogens with zero attached hydrogens (tertiary/aromatic N) is 2. The first kappa shape index (κ1) is 10.3. The van der Waals surface area contributed by atoms with E-state index in [0.717, 1.165) is 11.8 Å². The molecule has 0 fully saturated rings. The van der Waals surface area contributed by atoms with Gasteiger partial charge in [0.1, 0.15) is 6.61 Å². The van der Waals surface area contributed by atoms with Crippen LogP contribution in [0.5, 0.6) is 0 Å². The number of carbonyl (C=O) groups excluding carboxylic acids is 1. The number of hydrogen-bond acceptors (Lipinski definition) is 2. The quantitative estimate of drug-likeness (QED) is 0.302. The highest BCUT2D eigenvalue weighted by Crippen LogP contribution is 1.99. The second-order valence-electron chi connectivity index (χ2n) is 2.69. The van der Waals surface area contributed by atoms with Gasteiger partial charge < -0.3 is 10.3 Å². The van der Waals surface area contributed by atoms with Crippen LogP contribution in [0.3, 0.4) is 0 Å². The molecule has 0 aliphatic carbocycles. The molecule has 0 spiro atoms. The number of carbonyl (C=O) groups is 1.